The monoisotopic (exact) mass is 320 g/mol. The summed E-state index contributed by atoms with van der Waals surface area (Å²) in [5.41, 5.74) is 1.40. The number of ketones is 1. The van der Waals surface area contributed by atoms with Gasteiger partial charge in [-0.05, 0) is 35.9 Å². The molecule has 0 aromatic heterocycles. The van der Waals surface area contributed by atoms with E-state index in [-0.39, 0.29) is 24.1 Å². The largest absolute Gasteiger partial charge is 0.484 e. The Balaban J connectivity index is 1.95. The predicted octanol–water partition coefficient (Wildman–Crippen LogP) is 4.29. The van der Waals surface area contributed by atoms with Gasteiger partial charge >= 0.3 is 0 Å². The lowest BCUT2D eigenvalue weighted by atomic mass is 9.96. The van der Waals surface area contributed by atoms with Crippen LogP contribution in [0.2, 0.25) is 0 Å². The fourth-order valence-corrected chi connectivity index (χ4v) is 2.52. The van der Waals surface area contributed by atoms with Gasteiger partial charge in [0.2, 0.25) is 0 Å². The number of Topliss-reactive ketones (excluding diaryl/α,β-unsaturated/α-hetero) is 1. The molecule has 0 saturated carbocycles. The third-order valence-corrected chi connectivity index (χ3v) is 3.62. The number of ether oxygens (including phenoxy) is 1. The van der Waals surface area contributed by atoms with Crippen molar-refractivity contribution in [3.05, 3.63) is 63.9 Å². The molecule has 4 heteroatoms. The van der Waals surface area contributed by atoms with Crippen molar-refractivity contribution in [1.82, 2.24) is 0 Å². The van der Waals surface area contributed by atoms with Gasteiger partial charge in [0.25, 0.3) is 0 Å². The first-order valence-corrected chi connectivity index (χ1v) is 6.67. The summed E-state index contributed by atoms with van der Waals surface area (Å²) >= 11 is 3.34. The lowest BCUT2D eigenvalue weighted by Gasteiger charge is -2.25. The second-order valence-corrected chi connectivity index (χ2v) is 5.34. The Morgan fingerprint density at radius 2 is 1.89 bits per heavy atom. The van der Waals surface area contributed by atoms with E-state index < -0.39 is 0 Å². The molecule has 1 unspecified atom stereocenters. The molecule has 0 saturated heterocycles. The second-order valence-electron chi connectivity index (χ2n) is 4.43. The standard InChI is InChI=1S/C15H10BrFO2/c16-10-3-6-14-12(7-10)13(18)8-15(19-14)9-1-4-11(17)5-2-9/h1-7,15H,8H2. The molecular weight excluding hydrogens is 311 g/mol. The fourth-order valence-electron chi connectivity index (χ4n) is 2.16. The highest BCUT2D eigenvalue weighted by molar-refractivity contribution is 9.10. The highest BCUT2D eigenvalue weighted by atomic mass is 79.9. The van der Waals surface area contributed by atoms with Crippen molar-refractivity contribution >= 4 is 21.7 Å². The van der Waals surface area contributed by atoms with E-state index in [1.807, 2.05) is 6.07 Å². The van der Waals surface area contributed by atoms with Crippen LogP contribution in [0, 0.1) is 5.82 Å². The van der Waals surface area contributed by atoms with Crippen LogP contribution < -0.4 is 4.74 Å². The van der Waals surface area contributed by atoms with Crippen LogP contribution in [-0.4, -0.2) is 5.78 Å². The van der Waals surface area contributed by atoms with Crippen molar-refractivity contribution < 1.29 is 13.9 Å². The summed E-state index contributed by atoms with van der Waals surface area (Å²) in [7, 11) is 0. The molecule has 1 heterocycles. The minimum absolute atomic E-state index is 0.0388. The van der Waals surface area contributed by atoms with Crippen LogP contribution in [0.15, 0.2) is 46.9 Å². The van der Waals surface area contributed by atoms with E-state index in [1.54, 1.807) is 24.3 Å². The average Bonchev–Trinajstić information content (AvgIpc) is 2.40. The first kappa shape index (κ1) is 12.4. The third kappa shape index (κ3) is 2.40. The first-order valence-electron chi connectivity index (χ1n) is 5.88. The molecule has 0 N–H and O–H groups in total. The van der Waals surface area contributed by atoms with Gasteiger partial charge in [-0.1, -0.05) is 28.1 Å². The van der Waals surface area contributed by atoms with Gasteiger partial charge in [0.1, 0.15) is 17.7 Å². The van der Waals surface area contributed by atoms with Crippen LogP contribution in [0.5, 0.6) is 5.75 Å². The maximum atomic E-state index is 12.9. The Bertz CT molecular complexity index is 637. The van der Waals surface area contributed by atoms with E-state index in [0.717, 1.165) is 10.0 Å². The van der Waals surface area contributed by atoms with Crippen LogP contribution in [0.25, 0.3) is 0 Å². The molecule has 2 aromatic rings. The fraction of sp³-hybridized carbons (Fsp3) is 0.133. The number of hydrogen-bond donors (Lipinski definition) is 0. The summed E-state index contributed by atoms with van der Waals surface area (Å²) in [4.78, 5) is 12.1. The first-order chi connectivity index (χ1) is 9.13. The number of carbonyl (C=O) groups is 1. The summed E-state index contributed by atoms with van der Waals surface area (Å²) in [5, 5.41) is 0. The smallest absolute Gasteiger partial charge is 0.170 e. The van der Waals surface area contributed by atoms with Gasteiger partial charge in [-0.25, -0.2) is 4.39 Å². The quantitative estimate of drug-likeness (QED) is 0.783. The van der Waals surface area contributed by atoms with Crippen LogP contribution in [-0.2, 0) is 0 Å². The van der Waals surface area contributed by atoms with Crippen molar-refractivity contribution in [2.75, 3.05) is 0 Å². The molecule has 1 aliphatic heterocycles. The number of rotatable bonds is 1. The number of hydrogen-bond acceptors (Lipinski definition) is 2. The van der Waals surface area contributed by atoms with E-state index >= 15 is 0 Å². The summed E-state index contributed by atoms with van der Waals surface area (Å²) in [6, 6.07) is 11.4. The predicted molar refractivity (Wildman–Crippen MR) is 72.9 cm³/mol. The zero-order valence-corrected chi connectivity index (χ0v) is 11.5. The number of benzene rings is 2. The summed E-state index contributed by atoms with van der Waals surface area (Å²) in [6.45, 7) is 0. The molecular formula is C15H10BrFO2. The molecule has 0 bridgehead atoms. The summed E-state index contributed by atoms with van der Waals surface area (Å²) < 4.78 is 19.6. The van der Waals surface area contributed by atoms with E-state index in [1.165, 1.54) is 12.1 Å². The Morgan fingerprint density at radius 1 is 1.16 bits per heavy atom. The molecule has 96 valence electrons. The molecule has 1 aliphatic rings. The molecule has 2 nitrogen and oxygen atoms in total. The van der Waals surface area contributed by atoms with Crippen molar-refractivity contribution in [1.29, 1.82) is 0 Å². The lowest BCUT2D eigenvalue weighted by molar-refractivity contribution is 0.0850. The van der Waals surface area contributed by atoms with Gasteiger partial charge in [0.05, 0.1) is 12.0 Å². The normalized spacial score (nSPS) is 17.8. The minimum Gasteiger partial charge on any atom is -0.484 e. The molecule has 0 spiro atoms. The maximum Gasteiger partial charge on any atom is 0.170 e. The van der Waals surface area contributed by atoms with E-state index in [2.05, 4.69) is 15.9 Å². The highest BCUT2D eigenvalue weighted by Crippen LogP contribution is 2.36. The van der Waals surface area contributed by atoms with Crippen molar-refractivity contribution in [2.24, 2.45) is 0 Å². The second kappa shape index (κ2) is 4.78. The zero-order chi connectivity index (χ0) is 13.4. The number of carbonyl (C=O) groups excluding carboxylic acids is 1. The van der Waals surface area contributed by atoms with Crippen LogP contribution in [0.1, 0.15) is 28.4 Å². The molecule has 19 heavy (non-hydrogen) atoms. The Hall–Kier alpha value is -1.68. The van der Waals surface area contributed by atoms with Crippen LogP contribution in [0.4, 0.5) is 4.39 Å². The molecule has 0 aliphatic carbocycles. The maximum absolute atomic E-state index is 12.9. The molecule has 0 radical (unpaired) electrons. The Morgan fingerprint density at radius 3 is 2.63 bits per heavy atom. The lowest BCUT2D eigenvalue weighted by Crippen LogP contribution is -2.20. The van der Waals surface area contributed by atoms with Crippen molar-refractivity contribution in [3.8, 4) is 5.75 Å². The minimum atomic E-state index is -0.346. The Labute approximate surface area is 118 Å². The molecule has 2 aromatic carbocycles. The molecule has 0 fully saturated rings. The SMILES string of the molecule is O=C1CC(c2ccc(F)cc2)Oc2ccc(Br)cc21. The van der Waals surface area contributed by atoms with Gasteiger partial charge in [-0.2, -0.15) is 0 Å². The Kier molecular flexibility index (Phi) is 3.11. The third-order valence-electron chi connectivity index (χ3n) is 3.12. The van der Waals surface area contributed by atoms with Gasteiger partial charge in [-0.3, -0.25) is 4.79 Å². The van der Waals surface area contributed by atoms with Crippen molar-refractivity contribution in [3.63, 3.8) is 0 Å². The topological polar surface area (TPSA) is 26.3 Å². The van der Waals surface area contributed by atoms with Crippen molar-refractivity contribution in [2.45, 2.75) is 12.5 Å². The van der Waals surface area contributed by atoms with Crippen LogP contribution in [0.3, 0.4) is 0 Å². The van der Waals surface area contributed by atoms with Gasteiger partial charge < -0.3 is 4.74 Å². The van der Waals surface area contributed by atoms with E-state index in [4.69, 9.17) is 4.74 Å². The summed E-state index contributed by atoms with van der Waals surface area (Å²) in [6.07, 6.45) is -0.0727. The molecule has 1 atom stereocenters. The van der Waals surface area contributed by atoms with Gasteiger partial charge in [0, 0.05) is 4.47 Å². The zero-order valence-electron chi connectivity index (χ0n) is 9.90. The average molecular weight is 321 g/mol. The van der Waals surface area contributed by atoms with E-state index in [0.29, 0.717) is 11.3 Å². The molecule has 3 rings (SSSR count). The highest BCUT2D eigenvalue weighted by Gasteiger charge is 2.27. The van der Waals surface area contributed by atoms with Gasteiger partial charge in [-0.15, -0.1) is 0 Å². The van der Waals surface area contributed by atoms with Crippen LogP contribution >= 0.6 is 15.9 Å². The van der Waals surface area contributed by atoms with E-state index in [9.17, 15) is 9.18 Å². The molecule has 0 amide bonds. The summed E-state index contributed by atoms with van der Waals surface area (Å²) in [5.74, 6) is 0.320. The number of fused-ring (bicyclic) bond motifs is 1. The van der Waals surface area contributed by atoms with Gasteiger partial charge in [0.15, 0.2) is 5.78 Å². The number of halogens is 2.